The fourth-order valence-corrected chi connectivity index (χ4v) is 2.08. The molecule has 0 atom stereocenters. The largest absolute Gasteiger partial charge is 0.310 e. The second-order valence-electron chi connectivity index (χ2n) is 4.24. The number of hydrogen-bond donors (Lipinski definition) is 1. The Kier molecular flexibility index (Phi) is 5.02. The van der Waals surface area contributed by atoms with Gasteiger partial charge in [0.1, 0.15) is 0 Å². The molecule has 0 saturated heterocycles. The Labute approximate surface area is 103 Å². The highest BCUT2D eigenvalue weighted by atomic mass is 32.2. The molecule has 0 radical (unpaired) electrons. The van der Waals surface area contributed by atoms with Gasteiger partial charge < -0.3 is 5.32 Å². The molecule has 0 aliphatic rings. The van der Waals surface area contributed by atoms with Crippen LogP contribution in [0.5, 0.6) is 0 Å². The molecule has 5 nitrogen and oxygen atoms in total. The van der Waals surface area contributed by atoms with E-state index < -0.39 is 9.84 Å². The van der Waals surface area contributed by atoms with Gasteiger partial charge in [-0.15, -0.1) is 0 Å². The molecule has 0 bridgehead atoms. The zero-order valence-electron chi connectivity index (χ0n) is 10.5. The molecule has 17 heavy (non-hydrogen) atoms. The van der Waals surface area contributed by atoms with Crippen LogP contribution in [0.1, 0.15) is 25.2 Å². The van der Waals surface area contributed by atoms with Crippen LogP contribution in [0.3, 0.4) is 0 Å². The van der Waals surface area contributed by atoms with E-state index in [0.29, 0.717) is 13.1 Å². The third-order valence-corrected chi connectivity index (χ3v) is 4.63. The molecule has 96 valence electrons. The lowest BCUT2D eigenvalue weighted by Gasteiger charge is -2.08. The number of sulfone groups is 1. The summed E-state index contributed by atoms with van der Waals surface area (Å²) < 4.78 is 23.0. The van der Waals surface area contributed by atoms with E-state index in [-0.39, 0.29) is 11.0 Å². The number of nitrogens with zero attached hydrogens (tertiary/aromatic N) is 2. The molecule has 0 spiro atoms. The van der Waals surface area contributed by atoms with Crippen molar-refractivity contribution < 1.29 is 8.42 Å². The third kappa shape index (κ3) is 4.79. The monoisotopic (exact) mass is 257 g/mol. The van der Waals surface area contributed by atoms with E-state index in [1.807, 2.05) is 6.92 Å². The molecule has 0 amide bonds. The van der Waals surface area contributed by atoms with Crippen LogP contribution in [-0.4, -0.2) is 35.9 Å². The van der Waals surface area contributed by atoms with E-state index >= 15 is 0 Å². The second kappa shape index (κ2) is 6.07. The first-order chi connectivity index (χ1) is 7.92. The highest BCUT2D eigenvalue weighted by molar-refractivity contribution is 7.92. The van der Waals surface area contributed by atoms with Crippen LogP contribution in [0.4, 0.5) is 0 Å². The van der Waals surface area contributed by atoms with Crippen molar-refractivity contribution in [2.75, 3.05) is 12.3 Å². The average Bonchev–Trinajstić information content (AvgIpc) is 2.26. The minimum Gasteiger partial charge on any atom is -0.310 e. The van der Waals surface area contributed by atoms with Crippen LogP contribution in [0.2, 0.25) is 0 Å². The van der Waals surface area contributed by atoms with Gasteiger partial charge in [0.15, 0.2) is 9.84 Å². The maximum atomic E-state index is 11.5. The van der Waals surface area contributed by atoms with Gasteiger partial charge in [-0.05, 0) is 20.8 Å². The normalized spacial score (nSPS) is 12.0. The van der Waals surface area contributed by atoms with Crippen molar-refractivity contribution in [3.63, 3.8) is 0 Å². The van der Waals surface area contributed by atoms with Crippen LogP contribution >= 0.6 is 0 Å². The van der Waals surface area contributed by atoms with E-state index in [1.54, 1.807) is 26.2 Å². The van der Waals surface area contributed by atoms with Crippen LogP contribution in [0.25, 0.3) is 0 Å². The number of aryl methyl sites for hydroxylation is 1. The molecule has 0 aliphatic heterocycles. The summed E-state index contributed by atoms with van der Waals surface area (Å²) in [5, 5.41) is 2.73. The fraction of sp³-hybridized carbons (Fsp3) is 0.636. The molecule has 1 heterocycles. The lowest BCUT2D eigenvalue weighted by atomic mass is 10.4. The molecule has 0 aliphatic carbocycles. The second-order valence-corrected chi connectivity index (χ2v) is 6.92. The number of aromatic nitrogens is 2. The Morgan fingerprint density at radius 2 is 2.00 bits per heavy atom. The van der Waals surface area contributed by atoms with Crippen molar-refractivity contribution in [3.05, 3.63) is 23.8 Å². The van der Waals surface area contributed by atoms with Crippen molar-refractivity contribution >= 4 is 9.84 Å². The molecule has 1 rings (SSSR count). The van der Waals surface area contributed by atoms with E-state index in [0.717, 1.165) is 11.4 Å². The topological polar surface area (TPSA) is 72.0 Å². The summed E-state index contributed by atoms with van der Waals surface area (Å²) in [6, 6.07) is 0. The van der Waals surface area contributed by atoms with Gasteiger partial charge in [0.25, 0.3) is 0 Å². The minimum atomic E-state index is -2.96. The summed E-state index contributed by atoms with van der Waals surface area (Å²) in [5.41, 5.74) is 1.69. The van der Waals surface area contributed by atoms with Gasteiger partial charge >= 0.3 is 0 Å². The smallest absolute Gasteiger partial charge is 0.153 e. The first kappa shape index (κ1) is 14.1. The van der Waals surface area contributed by atoms with Gasteiger partial charge in [0.2, 0.25) is 0 Å². The summed E-state index contributed by atoms with van der Waals surface area (Å²) in [6.07, 6.45) is 3.39. The zero-order chi connectivity index (χ0) is 12.9. The lowest BCUT2D eigenvalue weighted by molar-refractivity contribution is 0.581. The van der Waals surface area contributed by atoms with Crippen molar-refractivity contribution in [1.82, 2.24) is 15.3 Å². The molecular weight excluding hydrogens is 238 g/mol. The molecular formula is C11H19N3O2S. The zero-order valence-corrected chi connectivity index (χ0v) is 11.3. The van der Waals surface area contributed by atoms with Crippen molar-refractivity contribution in [2.45, 2.75) is 32.6 Å². The summed E-state index contributed by atoms with van der Waals surface area (Å²) in [7, 11) is -2.96. The van der Waals surface area contributed by atoms with Gasteiger partial charge in [-0.1, -0.05) is 0 Å². The first-order valence-corrected chi connectivity index (χ1v) is 7.33. The molecule has 1 aromatic rings. The van der Waals surface area contributed by atoms with E-state index in [2.05, 4.69) is 15.3 Å². The molecule has 0 saturated carbocycles. The molecule has 6 heteroatoms. The van der Waals surface area contributed by atoms with Crippen molar-refractivity contribution in [3.8, 4) is 0 Å². The highest BCUT2D eigenvalue weighted by Gasteiger charge is 2.14. The van der Waals surface area contributed by atoms with Gasteiger partial charge in [0.05, 0.1) is 22.4 Å². The standard InChI is InChI=1S/C11H19N3O2S/c1-9(2)17(15,16)5-4-12-7-11-8-13-10(3)6-14-11/h6,8-9,12H,4-5,7H2,1-3H3. The number of hydrogen-bond acceptors (Lipinski definition) is 5. The Bertz CT molecular complexity index is 440. The quantitative estimate of drug-likeness (QED) is 0.759. The molecule has 1 aromatic heterocycles. The van der Waals surface area contributed by atoms with Crippen LogP contribution < -0.4 is 5.32 Å². The predicted octanol–water partition coefficient (Wildman–Crippen LogP) is 0.698. The van der Waals surface area contributed by atoms with Crippen LogP contribution in [0.15, 0.2) is 12.4 Å². The van der Waals surface area contributed by atoms with E-state index in [1.165, 1.54) is 0 Å². The van der Waals surface area contributed by atoms with Gasteiger partial charge in [-0.3, -0.25) is 9.97 Å². The summed E-state index contributed by atoms with van der Waals surface area (Å²) in [4.78, 5) is 8.29. The van der Waals surface area contributed by atoms with Gasteiger partial charge in [-0.25, -0.2) is 8.42 Å². The van der Waals surface area contributed by atoms with Crippen LogP contribution in [0, 0.1) is 6.92 Å². The van der Waals surface area contributed by atoms with Gasteiger partial charge in [0, 0.05) is 25.5 Å². The summed E-state index contributed by atoms with van der Waals surface area (Å²) in [6.45, 7) is 6.25. The van der Waals surface area contributed by atoms with E-state index in [4.69, 9.17) is 0 Å². The Morgan fingerprint density at radius 3 is 2.53 bits per heavy atom. The van der Waals surface area contributed by atoms with Crippen LogP contribution in [-0.2, 0) is 16.4 Å². The summed E-state index contributed by atoms with van der Waals surface area (Å²) >= 11 is 0. The number of nitrogens with one attached hydrogen (secondary N) is 1. The maximum absolute atomic E-state index is 11.5. The maximum Gasteiger partial charge on any atom is 0.153 e. The van der Waals surface area contributed by atoms with Gasteiger partial charge in [-0.2, -0.15) is 0 Å². The van der Waals surface area contributed by atoms with E-state index in [9.17, 15) is 8.42 Å². The Hall–Kier alpha value is -1.01. The SMILES string of the molecule is Cc1cnc(CNCCS(=O)(=O)C(C)C)cn1. The van der Waals surface area contributed by atoms with Crippen molar-refractivity contribution in [2.24, 2.45) is 0 Å². The molecule has 0 unspecified atom stereocenters. The summed E-state index contributed by atoms with van der Waals surface area (Å²) in [5.74, 6) is 0.157. The lowest BCUT2D eigenvalue weighted by Crippen LogP contribution is -2.27. The fourth-order valence-electron chi connectivity index (χ4n) is 1.18. The predicted molar refractivity (Wildman–Crippen MR) is 67.4 cm³/mol. The molecule has 1 N–H and O–H groups in total. The highest BCUT2D eigenvalue weighted by Crippen LogP contribution is 1.99. The van der Waals surface area contributed by atoms with Crippen molar-refractivity contribution in [1.29, 1.82) is 0 Å². The molecule has 0 aromatic carbocycles. The Morgan fingerprint density at radius 1 is 1.29 bits per heavy atom. The number of rotatable bonds is 6. The first-order valence-electron chi connectivity index (χ1n) is 5.61. The minimum absolute atomic E-state index is 0.157. The Balaban J connectivity index is 2.32. The third-order valence-electron chi connectivity index (χ3n) is 2.42. The molecule has 0 fully saturated rings. The average molecular weight is 257 g/mol.